The number of rotatable bonds is 6. The van der Waals surface area contributed by atoms with E-state index in [0.717, 1.165) is 12.8 Å². The maximum atomic E-state index is 10.6. The molecule has 0 saturated carbocycles. The van der Waals surface area contributed by atoms with E-state index < -0.39 is 0 Å². The highest BCUT2D eigenvalue weighted by Gasteiger charge is 2.04. The predicted octanol–water partition coefficient (Wildman–Crippen LogP) is 2.56. The third kappa shape index (κ3) is 7.73. The maximum Gasteiger partial charge on any atom is 0.129 e. The third-order valence-electron chi connectivity index (χ3n) is 1.64. The number of ether oxygens (including phenoxy) is 1. The lowest BCUT2D eigenvalue weighted by molar-refractivity contribution is -0.117. The molecule has 0 bridgehead atoms. The minimum Gasteiger partial charge on any atom is -0.376 e. The minimum atomic E-state index is 0.270. The van der Waals surface area contributed by atoms with Gasteiger partial charge in [0.15, 0.2) is 0 Å². The van der Waals surface area contributed by atoms with Crippen LogP contribution in [0.1, 0.15) is 47.0 Å². The van der Waals surface area contributed by atoms with Gasteiger partial charge in [-0.25, -0.2) is 0 Å². The molecule has 0 aromatic rings. The number of Topliss-reactive ketones (excluding diaryl/α,β-unsaturated/α-hetero) is 1. The van der Waals surface area contributed by atoms with E-state index in [4.69, 9.17) is 4.74 Å². The molecule has 0 heterocycles. The number of carbonyl (C=O) groups is 1. The van der Waals surface area contributed by atoms with Gasteiger partial charge in [0, 0.05) is 6.42 Å². The Morgan fingerprint density at radius 1 is 1.33 bits per heavy atom. The van der Waals surface area contributed by atoms with Crippen LogP contribution in [0, 0.1) is 0 Å². The molecule has 1 atom stereocenters. The molecule has 0 N–H and O–H groups in total. The summed E-state index contributed by atoms with van der Waals surface area (Å²) in [7, 11) is 0. The van der Waals surface area contributed by atoms with Crippen molar-refractivity contribution in [1.29, 1.82) is 0 Å². The lowest BCUT2D eigenvalue weighted by Gasteiger charge is -2.15. The smallest absolute Gasteiger partial charge is 0.129 e. The summed E-state index contributed by atoms with van der Waals surface area (Å²) < 4.78 is 5.52. The topological polar surface area (TPSA) is 26.3 Å². The second-order valence-electron chi connectivity index (χ2n) is 3.59. The summed E-state index contributed by atoms with van der Waals surface area (Å²) in [6.45, 7) is 7.75. The SMILES string of the molecule is CC(=O)CCCC(C)OC(C)C. The molecular formula is C10H20O2. The zero-order valence-corrected chi connectivity index (χ0v) is 8.59. The van der Waals surface area contributed by atoms with Gasteiger partial charge in [0.25, 0.3) is 0 Å². The molecule has 0 aliphatic heterocycles. The Morgan fingerprint density at radius 3 is 2.33 bits per heavy atom. The van der Waals surface area contributed by atoms with Gasteiger partial charge in [0.05, 0.1) is 12.2 Å². The lowest BCUT2D eigenvalue weighted by atomic mass is 10.1. The normalized spacial score (nSPS) is 13.4. The van der Waals surface area contributed by atoms with Crippen LogP contribution in [0.4, 0.5) is 0 Å². The molecule has 0 radical (unpaired) electrons. The molecule has 2 heteroatoms. The summed E-state index contributed by atoms with van der Waals surface area (Å²) >= 11 is 0. The fraction of sp³-hybridized carbons (Fsp3) is 0.900. The van der Waals surface area contributed by atoms with Crippen LogP contribution in [0.5, 0.6) is 0 Å². The largest absolute Gasteiger partial charge is 0.376 e. The molecule has 1 unspecified atom stereocenters. The van der Waals surface area contributed by atoms with Crippen LogP contribution in [0.15, 0.2) is 0 Å². The van der Waals surface area contributed by atoms with Crippen LogP contribution in [-0.2, 0) is 9.53 Å². The van der Waals surface area contributed by atoms with Gasteiger partial charge in [-0.05, 0) is 40.5 Å². The zero-order valence-electron chi connectivity index (χ0n) is 8.59. The van der Waals surface area contributed by atoms with Crippen molar-refractivity contribution in [3.63, 3.8) is 0 Å². The molecule has 2 nitrogen and oxygen atoms in total. The molecule has 12 heavy (non-hydrogen) atoms. The molecule has 0 saturated heterocycles. The Hall–Kier alpha value is -0.370. The van der Waals surface area contributed by atoms with E-state index >= 15 is 0 Å². The van der Waals surface area contributed by atoms with Gasteiger partial charge in [0.2, 0.25) is 0 Å². The highest BCUT2D eigenvalue weighted by Crippen LogP contribution is 2.06. The second-order valence-corrected chi connectivity index (χ2v) is 3.59. The first-order chi connectivity index (χ1) is 5.52. The van der Waals surface area contributed by atoms with Gasteiger partial charge in [0.1, 0.15) is 5.78 Å². The Bertz CT molecular complexity index is 130. The highest BCUT2D eigenvalue weighted by molar-refractivity contribution is 5.75. The minimum absolute atomic E-state index is 0.270. The van der Waals surface area contributed by atoms with Crippen LogP contribution in [-0.4, -0.2) is 18.0 Å². The fourth-order valence-electron chi connectivity index (χ4n) is 1.17. The maximum absolute atomic E-state index is 10.6. The summed E-state index contributed by atoms with van der Waals surface area (Å²) in [6.07, 6.45) is 3.19. The van der Waals surface area contributed by atoms with Crippen molar-refractivity contribution in [2.45, 2.75) is 59.2 Å². The lowest BCUT2D eigenvalue weighted by Crippen LogP contribution is -2.14. The average molecular weight is 172 g/mol. The van der Waals surface area contributed by atoms with Gasteiger partial charge in [-0.15, -0.1) is 0 Å². The molecular weight excluding hydrogens is 152 g/mol. The first-order valence-corrected chi connectivity index (χ1v) is 4.67. The molecule has 0 aromatic carbocycles. The number of ketones is 1. The van der Waals surface area contributed by atoms with Crippen molar-refractivity contribution in [1.82, 2.24) is 0 Å². The Kier molecular flexibility index (Phi) is 5.99. The Balaban J connectivity index is 3.31. The third-order valence-corrected chi connectivity index (χ3v) is 1.64. The summed E-state index contributed by atoms with van der Waals surface area (Å²) in [5, 5.41) is 0. The van der Waals surface area contributed by atoms with Crippen LogP contribution < -0.4 is 0 Å². The van der Waals surface area contributed by atoms with Gasteiger partial charge < -0.3 is 9.53 Å². The second kappa shape index (κ2) is 6.18. The molecule has 0 aliphatic carbocycles. The fourth-order valence-corrected chi connectivity index (χ4v) is 1.17. The summed E-state index contributed by atoms with van der Waals surface area (Å²) in [5.41, 5.74) is 0. The first kappa shape index (κ1) is 11.6. The first-order valence-electron chi connectivity index (χ1n) is 4.67. The summed E-state index contributed by atoms with van der Waals surface area (Å²) in [4.78, 5) is 10.6. The van der Waals surface area contributed by atoms with Crippen LogP contribution in [0.3, 0.4) is 0 Å². The molecule has 0 aliphatic rings. The number of carbonyl (C=O) groups excluding carboxylic acids is 1. The molecule has 0 rings (SSSR count). The number of hydrogen-bond acceptors (Lipinski definition) is 2. The summed E-state index contributed by atoms with van der Waals surface area (Å²) in [5.74, 6) is 0.270. The molecule has 0 amide bonds. The Labute approximate surface area is 75.3 Å². The monoisotopic (exact) mass is 172 g/mol. The van der Waals surface area contributed by atoms with Gasteiger partial charge in [-0.2, -0.15) is 0 Å². The van der Waals surface area contributed by atoms with Gasteiger partial charge in [-0.1, -0.05) is 0 Å². The van der Waals surface area contributed by atoms with Crippen molar-refractivity contribution >= 4 is 5.78 Å². The van der Waals surface area contributed by atoms with E-state index in [9.17, 15) is 4.79 Å². The van der Waals surface area contributed by atoms with Crippen LogP contribution >= 0.6 is 0 Å². The average Bonchev–Trinajstić information content (AvgIpc) is 1.84. The van der Waals surface area contributed by atoms with Gasteiger partial charge in [-0.3, -0.25) is 0 Å². The van der Waals surface area contributed by atoms with Crippen LogP contribution in [0.2, 0.25) is 0 Å². The molecule has 72 valence electrons. The molecule has 0 fully saturated rings. The molecule has 0 spiro atoms. The molecule has 0 aromatic heterocycles. The zero-order chi connectivity index (χ0) is 9.56. The van der Waals surface area contributed by atoms with E-state index in [1.807, 2.05) is 13.8 Å². The quantitative estimate of drug-likeness (QED) is 0.615. The van der Waals surface area contributed by atoms with E-state index in [0.29, 0.717) is 6.42 Å². The van der Waals surface area contributed by atoms with E-state index in [1.165, 1.54) is 0 Å². The predicted molar refractivity (Wildman–Crippen MR) is 50.2 cm³/mol. The van der Waals surface area contributed by atoms with E-state index in [2.05, 4.69) is 6.92 Å². The van der Waals surface area contributed by atoms with Crippen molar-refractivity contribution in [2.24, 2.45) is 0 Å². The van der Waals surface area contributed by atoms with Crippen molar-refractivity contribution < 1.29 is 9.53 Å². The van der Waals surface area contributed by atoms with Crippen molar-refractivity contribution in [2.75, 3.05) is 0 Å². The summed E-state index contributed by atoms with van der Waals surface area (Å²) in [6, 6.07) is 0. The van der Waals surface area contributed by atoms with E-state index in [1.54, 1.807) is 6.92 Å². The number of hydrogen-bond donors (Lipinski definition) is 0. The van der Waals surface area contributed by atoms with Crippen molar-refractivity contribution in [3.8, 4) is 0 Å². The highest BCUT2D eigenvalue weighted by atomic mass is 16.5. The van der Waals surface area contributed by atoms with Crippen LogP contribution in [0.25, 0.3) is 0 Å². The van der Waals surface area contributed by atoms with Crippen molar-refractivity contribution in [3.05, 3.63) is 0 Å². The van der Waals surface area contributed by atoms with Gasteiger partial charge >= 0.3 is 0 Å². The van der Waals surface area contributed by atoms with E-state index in [-0.39, 0.29) is 18.0 Å². The standard InChI is InChI=1S/C10H20O2/c1-8(2)12-10(4)7-5-6-9(3)11/h8,10H,5-7H2,1-4H3. The Morgan fingerprint density at radius 2 is 1.92 bits per heavy atom.